The first-order chi connectivity index (χ1) is 8.67. The number of hydrogen-bond acceptors (Lipinski definition) is 5. The molecule has 0 spiro atoms. The second-order valence-corrected chi connectivity index (χ2v) is 3.58. The summed E-state index contributed by atoms with van der Waals surface area (Å²) in [4.78, 5) is 23.3. The number of methoxy groups -OCH3 is 1. The first-order valence-corrected chi connectivity index (χ1v) is 5.48. The molecule has 96 valence electrons. The Labute approximate surface area is 104 Å². The number of esters is 1. The van der Waals surface area contributed by atoms with Crippen molar-refractivity contribution in [1.29, 1.82) is 0 Å². The van der Waals surface area contributed by atoms with Crippen molar-refractivity contribution >= 4 is 17.6 Å². The fourth-order valence-electron chi connectivity index (χ4n) is 1.64. The summed E-state index contributed by atoms with van der Waals surface area (Å²) in [5.41, 5.74) is 0.472. The van der Waals surface area contributed by atoms with Crippen LogP contribution in [-0.4, -0.2) is 31.7 Å². The maximum Gasteiger partial charge on any atom is 0.357 e. The van der Waals surface area contributed by atoms with Crippen molar-refractivity contribution < 1.29 is 23.8 Å². The molecule has 1 aromatic rings. The Morgan fingerprint density at radius 2 is 2.28 bits per heavy atom. The number of nitrogens with one attached hydrogen (secondary N) is 1. The fraction of sp³-hybridized carbons (Fsp3) is 0.333. The lowest BCUT2D eigenvalue weighted by atomic mass is 10.2. The van der Waals surface area contributed by atoms with Crippen molar-refractivity contribution in [2.75, 3.05) is 19.0 Å². The summed E-state index contributed by atoms with van der Waals surface area (Å²) in [6, 6.07) is 5.06. The lowest BCUT2D eigenvalue weighted by molar-refractivity contribution is -0.155. The fourth-order valence-corrected chi connectivity index (χ4v) is 1.64. The van der Waals surface area contributed by atoms with Gasteiger partial charge in [-0.2, -0.15) is 0 Å². The number of amides is 1. The van der Waals surface area contributed by atoms with Gasteiger partial charge in [-0.1, -0.05) is 6.07 Å². The van der Waals surface area contributed by atoms with Gasteiger partial charge in [0, 0.05) is 0 Å². The third kappa shape index (κ3) is 2.09. The minimum absolute atomic E-state index is 0.185. The lowest BCUT2D eigenvalue weighted by Gasteiger charge is -2.25. The van der Waals surface area contributed by atoms with Crippen LogP contribution in [0.2, 0.25) is 0 Å². The molecule has 6 nitrogen and oxygen atoms in total. The van der Waals surface area contributed by atoms with Crippen LogP contribution in [0.15, 0.2) is 18.2 Å². The van der Waals surface area contributed by atoms with E-state index in [0.29, 0.717) is 17.2 Å². The third-order valence-electron chi connectivity index (χ3n) is 2.43. The molecule has 1 amide bonds. The average Bonchev–Trinajstić information content (AvgIpc) is 2.37. The summed E-state index contributed by atoms with van der Waals surface area (Å²) in [5, 5.41) is 2.58. The number of fused-ring (bicyclic) bond motifs is 1. The van der Waals surface area contributed by atoms with Gasteiger partial charge in [-0.25, -0.2) is 4.79 Å². The summed E-state index contributed by atoms with van der Waals surface area (Å²) in [7, 11) is 1.48. The highest BCUT2D eigenvalue weighted by Crippen LogP contribution is 2.38. The number of carbonyl (C=O) groups excluding carboxylic acids is 2. The van der Waals surface area contributed by atoms with Gasteiger partial charge >= 0.3 is 5.97 Å². The van der Waals surface area contributed by atoms with Crippen molar-refractivity contribution in [3.05, 3.63) is 18.2 Å². The van der Waals surface area contributed by atoms with E-state index in [1.807, 2.05) is 0 Å². The molecule has 0 bridgehead atoms. The van der Waals surface area contributed by atoms with E-state index >= 15 is 0 Å². The van der Waals surface area contributed by atoms with Crippen LogP contribution in [0.25, 0.3) is 0 Å². The molecule has 0 fully saturated rings. The molecule has 0 aromatic heterocycles. The van der Waals surface area contributed by atoms with Crippen LogP contribution in [0.5, 0.6) is 11.5 Å². The Balaban J connectivity index is 2.31. The molecule has 0 saturated heterocycles. The van der Waals surface area contributed by atoms with Crippen molar-refractivity contribution in [3.63, 3.8) is 0 Å². The summed E-state index contributed by atoms with van der Waals surface area (Å²) in [6.07, 6.45) is -1.30. The minimum atomic E-state index is -1.30. The van der Waals surface area contributed by atoms with E-state index in [2.05, 4.69) is 5.32 Å². The van der Waals surface area contributed by atoms with Crippen molar-refractivity contribution in [1.82, 2.24) is 0 Å². The van der Waals surface area contributed by atoms with Gasteiger partial charge in [0.15, 0.2) is 11.5 Å². The molecule has 0 saturated carbocycles. The van der Waals surface area contributed by atoms with Gasteiger partial charge in [0.05, 0.1) is 19.4 Å². The third-order valence-corrected chi connectivity index (χ3v) is 2.43. The minimum Gasteiger partial charge on any atom is -0.493 e. The quantitative estimate of drug-likeness (QED) is 0.639. The van der Waals surface area contributed by atoms with Gasteiger partial charge in [0.2, 0.25) is 0 Å². The normalized spacial score (nSPS) is 17.2. The zero-order valence-electron chi connectivity index (χ0n) is 10.1. The van der Waals surface area contributed by atoms with Crippen LogP contribution in [-0.2, 0) is 14.3 Å². The van der Waals surface area contributed by atoms with Crippen LogP contribution in [0.3, 0.4) is 0 Å². The maximum atomic E-state index is 11.7. The SMILES string of the molecule is CCOC(=O)C1Oc2c(cccc2OC)NC1=O. The van der Waals surface area contributed by atoms with E-state index in [4.69, 9.17) is 14.2 Å². The molecular formula is C12H13NO5. The van der Waals surface area contributed by atoms with E-state index in [1.165, 1.54) is 7.11 Å². The molecule has 0 radical (unpaired) electrons. The van der Waals surface area contributed by atoms with Crippen LogP contribution in [0.4, 0.5) is 5.69 Å². The van der Waals surface area contributed by atoms with E-state index in [-0.39, 0.29) is 6.61 Å². The second-order valence-electron chi connectivity index (χ2n) is 3.58. The number of carbonyl (C=O) groups is 2. The molecular weight excluding hydrogens is 238 g/mol. The zero-order valence-corrected chi connectivity index (χ0v) is 10.1. The first kappa shape index (κ1) is 12.2. The molecule has 1 atom stereocenters. The van der Waals surface area contributed by atoms with E-state index in [9.17, 15) is 9.59 Å². The number of ether oxygens (including phenoxy) is 3. The van der Waals surface area contributed by atoms with Gasteiger partial charge in [-0.3, -0.25) is 4.79 Å². The molecule has 6 heteroatoms. The Kier molecular flexibility index (Phi) is 3.36. The monoisotopic (exact) mass is 251 g/mol. The summed E-state index contributed by atoms with van der Waals surface area (Å²) >= 11 is 0. The molecule has 1 N–H and O–H groups in total. The maximum absolute atomic E-state index is 11.7. The first-order valence-electron chi connectivity index (χ1n) is 5.48. The van der Waals surface area contributed by atoms with E-state index < -0.39 is 18.0 Å². The van der Waals surface area contributed by atoms with Gasteiger partial charge < -0.3 is 19.5 Å². The summed E-state index contributed by atoms with van der Waals surface area (Å²) in [5.74, 6) is -0.486. The zero-order chi connectivity index (χ0) is 13.1. The number of benzene rings is 1. The topological polar surface area (TPSA) is 73.9 Å². The van der Waals surface area contributed by atoms with Gasteiger partial charge in [-0.15, -0.1) is 0 Å². The Hall–Kier alpha value is -2.24. The van der Waals surface area contributed by atoms with Gasteiger partial charge in [0.1, 0.15) is 0 Å². The number of anilines is 1. The van der Waals surface area contributed by atoms with Crippen LogP contribution >= 0.6 is 0 Å². The molecule has 2 rings (SSSR count). The Morgan fingerprint density at radius 1 is 1.50 bits per heavy atom. The largest absolute Gasteiger partial charge is 0.493 e. The molecule has 1 aliphatic heterocycles. The highest BCUT2D eigenvalue weighted by Gasteiger charge is 2.36. The second kappa shape index (κ2) is 4.95. The number of rotatable bonds is 3. The van der Waals surface area contributed by atoms with Crippen LogP contribution in [0.1, 0.15) is 6.92 Å². The Morgan fingerprint density at radius 3 is 2.94 bits per heavy atom. The number of hydrogen-bond donors (Lipinski definition) is 1. The molecule has 0 aliphatic carbocycles. The summed E-state index contributed by atoms with van der Waals surface area (Å²) in [6.45, 7) is 1.85. The average molecular weight is 251 g/mol. The smallest absolute Gasteiger partial charge is 0.357 e. The molecule has 1 heterocycles. The van der Waals surface area contributed by atoms with E-state index in [1.54, 1.807) is 25.1 Å². The molecule has 1 unspecified atom stereocenters. The van der Waals surface area contributed by atoms with Crippen molar-refractivity contribution in [2.45, 2.75) is 13.0 Å². The highest BCUT2D eigenvalue weighted by atomic mass is 16.6. The Bertz CT molecular complexity index is 485. The molecule has 1 aliphatic rings. The van der Waals surface area contributed by atoms with Crippen molar-refractivity contribution in [3.8, 4) is 11.5 Å². The van der Waals surface area contributed by atoms with E-state index in [0.717, 1.165) is 0 Å². The van der Waals surface area contributed by atoms with Crippen molar-refractivity contribution in [2.24, 2.45) is 0 Å². The summed E-state index contributed by atoms with van der Waals surface area (Å²) < 4.78 is 15.3. The molecule has 18 heavy (non-hydrogen) atoms. The van der Waals surface area contributed by atoms with Crippen LogP contribution in [0, 0.1) is 0 Å². The molecule has 1 aromatic carbocycles. The predicted octanol–water partition coefficient (Wildman–Crippen LogP) is 0.958. The van der Waals surface area contributed by atoms with Gasteiger partial charge in [-0.05, 0) is 19.1 Å². The van der Waals surface area contributed by atoms with Gasteiger partial charge in [0.25, 0.3) is 12.0 Å². The predicted molar refractivity (Wildman–Crippen MR) is 62.7 cm³/mol. The number of para-hydroxylation sites is 1. The standard InChI is InChI=1S/C12H13NO5/c1-3-17-12(15)10-11(14)13-7-5-4-6-8(16-2)9(7)18-10/h4-6,10H,3H2,1-2H3,(H,13,14). The highest BCUT2D eigenvalue weighted by molar-refractivity contribution is 6.10. The lowest BCUT2D eigenvalue weighted by Crippen LogP contribution is -2.44. The van der Waals surface area contributed by atoms with Crippen LogP contribution < -0.4 is 14.8 Å².